The second-order valence-corrected chi connectivity index (χ2v) is 16.8. The summed E-state index contributed by atoms with van der Waals surface area (Å²) in [5, 5.41) is 10.5. The van der Waals surface area contributed by atoms with E-state index in [0.29, 0.717) is 11.5 Å². The maximum absolute atomic E-state index is 14.2. The Labute approximate surface area is 360 Å². The summed E-state index contributed by atoms with van der Waals surface area (Å²) in [6.07, 6.45) is 0. The number of ether oxygens (including phenoxy) is 2. The zero-order valence-corrected chi connectivity index (χ0v) is 36.3. The zero-order chi connectivity index (χ0) is 33.7. The molecule has 0 saturated heterocycles. The van der Waals surface area contributed by atoms with Gasteiger partial charge in [0.2, 0.25) is 0 Å². The molecule has 4 heterocycles. The van der Waals surface area contributed by atoms with Crippen molar-refractivity contribution in [2.45, 2.75) is 11.6 Å². The second-order valence-electron chi connectivity index (χ2n) is 12.1. The van der Waals surface area contributed by atoms with Gasteiger partial charge in [0.05, 0.1) is 10.6 Å². The predicted octanol–water partition coefficient (Wildman–Crippen LogP) is 10.6. The molecular formula is C41H33N2O6P2Y2-3. The first-order valence-electron chi connectivity index (χ1n) is 16.3. The number of hydrogen-bond donors (Lipinski definition) is 0. The Balaban J connectivity index is 0.000000172. The van der Waals surface area contributed by atoms with Crippen LogP contribution in [0.15, 0.2) is 146 Å². The Morgan fingerprint density at radius 1 is 0.434 bits per heavy atom. The largest absolute Gasteiger partial charge is 0.613 e. The summed E-state index contributed by atoms with van der Waals surface area (Å²) < 4.78 is 51.8. The number of hydrogen-bond acceptors (Lipinski definition) is 6. The van der Waals surface area contributed by atoms with E-state index in [9.17, 15) is 9.13 Å². The van der Waals surface area contributed by atoms with E-state index in [4.69, 9.17) is 18.5 Å². The van der Waals surface area contributed by atoms with Crippen molar-refractivity contribution in [3.8, 4) is 45.3 Å². The maximum Gasteiger partial charge on any atom is 0.265 e. The van der Waals surface area contributed by atoms with E-state index in [1.54, 1.807) is 0 Å². The molecule has 262 valence electrons. The molecule has 6 aromatic carbocycles. The molecule has 0 bridgehead atoms. The number of nitrogens with zero attached hydrogens (tertiary/aromatic N) is 2. The van der Waals surface area contributed by atoms with Gasteiger partial charge in [-0.05, 0) is 70.2 Å². The van der Waals surface area contributed by atoms with E-state index in [-0.39, 0.29) is 86.3 Å². The first-order chi connectivity index (χ1) is 24.5. The molecular weight excluding hydrogens is 856 g/mol. The van der Waals surface area contributed by atoms with Gasteiger partial charge < -0.3 is 36.6 Å². The summed E-state index contributed by atoms with van der Waals surface area (Å²) in [5.41, 5.74) is 5.45. The molecule has 0 spiro atoms. The van der Waals surface area contributed by atoms with Gasteiger partial charge in [0.15, 0.2) is 0 Å². The summed E-state index contributed by atoms with van der Waals surface area (Å²) in [6, 6.07) is 46.1. The molecule has 12 heteroatoms. The van der Waals surface area contributed by atoms with Gasteiger partial charge in [0.1, 0.15) is 23.0 Å². The van der Waals surface area contributed by atoms with Crippen molar-refractivity contribution in [2.24, 2.45) is 0 Å². The smallest absolute Gasteiger partial charge is 0.265 e. The summed E-state index contributed by atoms with van der Waals surface area (Å²) in [7, 11) is -6.58. The molecule has 4 unspecified atom stereocenters. The Morgan fingerprint density at radius 2 is 0.755 bits per heavy atom. The van der Waals surface area contributed by atoms with Crippen molar-refractivity contribution in [1.29, 1.82) is 0 Å². The van der Waals surface area contributed by atoms with Crippen LogP contribution in [-0.4, -0.2) is 13.5 Å². The summed E-state index contributed by atoms with van der Waals surface area (Å²) >= 11 is 0. The van der Waals surface area contributed by atoms with E-state index in [1.807, 2.05) is 146 Å². The third-order valence-electron chi connectivity index (χ3n) is 9.28. The molecule has 4 atom stereocenters. The van der Waals surface area contributed by atoms with Gasteiger partial charge in [0.25, 0.3) is 14.7 Å². The Hall–Kier alpha value is -2.89. The normalized spacial score (nSPS) is 22.1. The molecule has 10 rings (SSSR count). The average molecular weight is 889 g/mol. The fraction of sp³-hybridized carbons (Fsp3) is 0.0976. The van der Waals surface area contributed by atoms with Crippen molar-refractivity contribution >= 4 is 25.3 Å². The van der Waals surface area contributed by atoms with E-state index < -0.39 is 26.3 Å². The van der Waals surface area contributed by atoms with Gasteiger partial charge in [-0.15, -0.1) is 0 Å². The molecule has 2 radical (unpaired) electrons. The SMILES string of the molecule is O=P1(C2[N-]COc3ccccc32)Oc2ccccc2-c2ccccc21.O=P1(C2[N-]COc3ccccc32)Oc2ccccc2-c2ccccc21.[CH3-].[Y].[Y]. The third-order valence-corrected chi connectivity index (χ3v) is 14.5. The van der Waals surface area contributed by atoms with Crippen LogP contribution in [-0.2, 0) is 74.5 Å². The van der Waals surface area contributed by atoms with Crippen molar-refractivity contribution in [3.05, 3.63) is 175 Å². The molecule has 0 aliphatic carbocycles. The van der Waals surface area contributed by atoms with Crippen LogP contribution in [0.4, 0.5) is 0 Å². The monoisotopic (exact) mass is 889 g/mol. The van der Waals surface area contributed by atoms with Crippen LogP contribution in [0.1, 0.15) is 22.7 Å². The van der Waals surface area contributed by atoms with E-state index >= 15 is 0 Å². The minimum absolute atomic E-state index is 0. The minimum atomic E-state index is -3.29. The zero-order valence-electron chi connectivity index (χ0n) is 28.8. The van der Waals surface area contributed by atoms with Gasteiger partial charge in [0, 0.05) is 90.0 Å². The number of fused-ring (bicyclic) bond motifs is 8. The molecule has 8 nitrogen and oxygen atoms in total. The second kappa shape index (κ2) is 16.5. The van der Waals surface area contributed by atoms with Gasteiger partial charge in [-0.1, -0.05) is 109 Å². The molecule has 6 aromatic rings. The van der Waals surface area contributed by atoms with E-state index in [1.165, 1.54) is 0 Å². The molecule has 0 saturated carbocycles. The molecule has 0 aromatic heterocycles. The van der Waals surface area contributed by atoms with Crippen LogP contribution >= 0.6 is 14.7 Å². The van der Waals surface area contributed by atoms with Gasteiger partial charge >= 0.3 is 0 Å². The number of rotatable bonds is 2. The molecule has 0 N–H and O–H groups in total. The van der Waals surface area contributed by atoms with Gasteiger partial charge in [-0.2, -0.15) is 0 Å². The molecule has 4 aliphatic heterocycles. The Morgan fingerprint density at radius 3 is 1.17 bits per heavy atom. The van der Waals surface area contributed by atoms with Crippen molar-refractivity contribution in [1.82, 2.24) is 0 Å². The van der Waals surface area contributed by atoms with Crippen molar-refractivity contribution < 1.29 is 93.1 Å². The average Bonchev–Trinajstić information content (AvgIpc) is 3.18. The first-order valence-corrected chi connectivity index (χ1v) is 19.7. The summed E-state index contributed by atoms with van der Waals surface area (Å²) in [6.45, 7) is 0.359. The van der Waals surface area contributed by atoms with Crippen molar-refractivity contribution in [3.63, 3.8) is 0 Å². The molecule has 53 heavy (non-hydrogen) atoms. The summed E-state index contributed by atoms with van der Waals surface area (Å²) in [5.74, 6) is 1.60. The molecule has 4 aliphatic rings. The van der Waals surface area contributed by atoms with Gasteiger partial charge in [-0.25, -0.2) is 0 Å². The number of benzene rings is 6. The van der Waals surface area contributed by atoms with Crippen LogP contribution in [0.5, 0.6) is 23.0 Å². The van der Waals surface area contributed by atoms with E-state index in [0.717, 1.165) is 55.5 Å². The fourth-order valence-corrected chi connectivity index (χ4v) is 12.2. The Bertz CT molecular complexity index is 2210. The van der Waals surface area contributed by atoms with Crippen LogP contribution in [0.25, 0.3) is 32.9 Å². The standard InChI is InChI=1S/2C20H15NO3P.CH3.2Y/c2*22-25(20-16-9-2-4-10-17(16)23-13-21-20)19-12-6-3-8-15(19)14-7-1-5-11-18(14)24-25;;;/h2*1-12,20H,13H2;1H3;;/q3*-1;;. The van der Waals surface area contributed by atoms with E-state index in [2.05, 4.69) is 10.6 Å². The topological polar surface area (TPSA) is 99.3 Å². The molecule has 0 fully saturated rings. The minimum Gasteiger partial charge on any atom is -0.613 e. The van der Waals surface area contributed by atoms with Gasteiger partial charge in [-0.3, -0.25) is 9.13 Å². The Kier molecular flexibility index (Phi) is 12.4. The molecule has 0 amide bonds. The maximum atomic E-state index is 14.2. The summed E-state index contributed by atoms with van der Waals surface area (Å²) in [4.78, 5) is 0. The van der Waals surface area contributed by atoms with Crippen molar-refractivity contribution in [2.75, 3.05) is 13.5 Å². The first kappa shape index (κ1) is 39.8. The van der Waals surface area contributed by atoms with Crippen LogP contribution in [0, 0.1) is 7.43 Å². The van der Waals surface area contributed by atoms with Crippen LogP contribution < -0.4 is 29.1 Å². The quantitative estimate of drug-likeness (QED) is 0.127. The third kappa shape index (κ3) is 6.96. The number of para-hydroxylation sites is 4. The predicted molar refractivity (Wildman–Crippen MR) is 202 cm³/mol. The van der Waals surface area contributed by atoms with Crippen LogP contribution in [0.3, 0.4) is 0 Å². The fourth-order valence-electron chi connectivity index (χ4n) is 7.02. The van der Waals surface area contributed by atoms with Crippen LogP contribution in [0.2, 0.25) is 0 Å².